The third-order valence-corrected chi connectivity index (χ3v) is 3.20. The van der Waals surface area contributed by atoms with Crippen LogP contribution in [0.1, 0.15) is 24.0 Å². The van der Waals surface area contributed by atoms with Gasteiger partial charge in [-0.15, -0.1) is 0 Å². The number of hydrogen-bond acceptors (Lipinski definition) is 2. The molecule has 2 heteroatoms. The maximum Gasteiger partial charge on any atom is 0.165 e. The smallest absolute Gasteiger partial charge is 0.165 e. The zero-order chi connectivity index (χ0) is 10.3. The van der Waals surface area contributed by atoms with Crippen LogP contribution < -0.4 is 5.32 Å². The van der Waals surface area contributed by atoms with Crippen LogP contribution in [0.25, 0.3) is 5.57 Å². The molecule has 0 amide bonds. The molecule has 1 aromatic rings. The first-order valence-corrected chi connectivity index (χ1v) is 5.45. The van der Waals surface area contributed by atoms with Crippen molar-refractivity contribution < 1.29 is 4.79 Å². The second-order valence-electron chi connectivity index (χ2n) is 4.11. The van der Waals surface area contributed by atoms with Crippen LogP contribution in [0.3, 0.4) is 0 Å². The third-order valence-electron chi connectivity index (χ3n) is 3.20. The second-order valence-corrected chi connectivity index (χ2v) is 4.11. The van der Waals surface area contributed by atoms with Crippen molar-refractivity contribution in [3.8, 4) is 0 Å². The van der Waals surface area contributed by atoms with E-state index in [0.717, 1.165) is 36.2 Å². The van der Waals surface area contributed by atoms with Gasteiger partial charge in [0.1, 0.15) is 0 Å². The molecule has 76 valence electrons. The van der Waals surface area contributed by atoms with E-state index in [9.17, 15) is 4.79 Å². The summed E-state index contributed by atoms with van der Waals surface area (Å²) in [5.74, 6) is 0.298. The predicted molar refractivity (Wildman–Crippen MR) is 59.3 cm³/mol. The second kappa shape index (κ2) is 3.23. The molecule has 2 nitrogen and oxygen atoms in total. The van der Waals surface area contributed by atoms with Crippen LogP contribution in [0, 0.1) is 0 Å². The van der Waals surface area contributed by atoms with E-state index in [2.05, 4.69) is 17.4 Å². The number of Topliss-reactive ketones (excluding diaryl/α,β-unsaturated/α-hetero) is 1. The Morgan fingerprint density at radius 1 is 1.07 bits per heavy atom. The molecule has 0 radical (unpaired) electrons. The quantitative estimate of drug-likeness (QED) is 0.691. The van der Waals surface area contributed by atoms with E-state index in [-0.39, 0.29) is 0 Å². The number of hydrogen-bond donors (Lipinski definition) is 1. The third kappa shape index (κ3) is 1.29. The molecule has 1 heterocycles. The minimum absolute atomic E-state index is 0.298. The zero-order valence-electron chi connectivity index (χ0n) is 8.55. The van der Waals surface area contributed by atoms with E-state index < -0.39 is 0 Å². The molecule has 0 spiro atoms. The Morgan fingerprint density at radius 3 is 2.87 bits per heavy atom. The average Bonchev–Trinajstić information content (AvgIpc) is 2.52. The van der Waals surface area contributed by atoms with Gasteiger partial charge in [0.15, 0.2) is 5.78 Å². The van der Waals surface area contributed by atoms with Crippen LogP contribution >= 0.6 is 0 Å². The number of benzene rings is 1. The summed E-state index contributed by atoms with van der Waals surface area (Å²) in [5, 5.41) is 3.38. The number of carbonyl (C=O) groups is 1. The lowest BCUT2D eigenvalue weighted by Crippen LogP contribution is -2.13. The predicted octanol–water partition coefficient (Wildman–Crippen LogP) is 1.91. The number of allylic oxidation sites excluding steroid dienone is 2. The molecule has 0 fully saturated rings. The fraction of sp³-hybridized carbons (Fsp3) is 0.308. The normalized spacial score (nSPS) is 19.3. The molecule has 0 bridgehead atoms. The molecule has 0 atom stereocenters. The highest BCUT2D eigenvalue weighted by Crippen LogP contribution is 2.33. The summed E-state index contributed by atoms with van der Waals surface area (Å²) >= 11 is 0. The monoisotopic (exact) mass is 199 g/mol. The van der Waals surface area contributed by atoms with Gasteiger partial charge in [-0.2, -0.15) is 0 Å². The minimum atomic E-state index is 0.298. The number of carbonyl (C=O) groups excluding carboxylic acids is 1. The van der Waals surface area contributed by atoms with Gasteiger partial charge in [0.05, 0.1) is 0 Å². The van der Waals surface area contributed by atoms with Crippen molar-refractivity contribution in [2.45, 2.75) is 19.3 Å². The Bertz CT molecular complexity index is 459. The van der Waals surface area contributed by atoms with E-state index in [1.807, 2.05) is 12.1 Å². The van der Waals surface area contributed by atoms with Gasteiger partial charge in [0.2, 0.25) is 0 Å². The van der Waals surface area contributed by atoms with E-state index in [4.69, 9.17) is 0 Å². The highest BCUT2D eigenvalue weighted by atomic mass is 16.1. The standard InChI is InChI=1S/C13H13NO/c15-12-6-5-11-13(12)10-4-2-1-3-9(10)7-8-14-11/h1-4,14H,5-8H2. The lowest BCUT2D eigenvalue weighted by Gasteiger charge is -2.06. The molecule has 1 aliphatic heterocycles. The number of rotatable bonds is 0. The molecule has 0 unspecified atom stereocenters. The number of ketones is 1. The fourth-order valence-electron chi connectivity index (χ4n) is 2.48. The molecule has 3 rings (SSSR count). The number of fused-ring (bicyclic) bond motifs is 2. The van der Waals surface area contributed by atoms with Crippen molar-refractivity contribution in [3.05, 3.63) is 41.1 Å². The molecule has 2 aliphatic rings. The Labute approximate surface area is 89.0 Å². The van der Waals surface area contributed by atoms with Crippen molar-refractivity contribution in [2.75, 3.05) is 6.54 Å². The van der Waals surface area contributed by atoms with Crippen LogP contribution in [0.4, 0.5) is 0 Å². The molecule has 1 aromatic carbocycles. The summed E-state index contributed by atoms with van der Waals surface area (Å²) in [7, 11) is 0. The average molecular weight is 199 g/mol. The van der Waals surface area contributed by atoms with Crippen LogP contribution in [0.15, 0.2) is 30.0 Å². The van der Waals surface area contributed by atoms with Gasteiger partial charge in [-0.1, -0.05) is 24.3 Å². The highest BCUT2D eigenvalue weighted by Gasteiger charge is 2.27. The van der Waals surface area contributed by atoms with Crippen molar-refractivity contribution in [1.29, 1.82) is 0 Å². The summed E-state index contributed by atoms with van der Waals surface area (Å²) in [6.45, 7) is 0.948. The Balaban J connectivity index is 2.22. The Hall–Kier alpha value is -1.57. The maximum atomic E-state index is 11.8. The molecule has 0 saturated carbocycles. The van der Waals surface area contributed by atoms with Crippen LogP contribution in [-0.4, -0.2) is 12.3 Å². The lowest BCUT2D eigenvalue weighted by molar-refractivity contribution is -0.113. The van der Waals surface area contributed by atoms with Gasteiger partial charge >= 0.3 is 0 Å². The molecular formula is C13H13NO. The van der Waals surface area contributed by atoms with Crippen LogP contribution in [0.5, 0.6) is 0 Å². The minimum Gasteiger partial charge on any atom is -0.387 e. The van der Waals surface area contributed by atoms with Crippen molar-refractivity contribution in [2.24, 2.45) is 0 Å². The summed E-state index contributed by atoms with van der Waals surface area (Å²) in [6, 6.07) is 8.25. The summed E-state index contributed by atoms with van der Waals surface area (Å²) in [5.41, 5.74) is 4.55. The van der Waals surface area contributed by atoms with Crippen LogP contribution in [0.2, 0.25) is 0 Å². The number of nitrogens with one attached hydrogen (secondary N) is 1. The van der Waals surface area contributed by atoms with E-state index in [1.54, 1.807) is 0 Å². The first-order chi connectivity index (χ1) is 7.36. The van der Waals surface area contributed by atoms with E-state index in [1.165, 1.54) is 5.56 Å². The first-order valence-electron chi connectivity index (χ1n) is 5.45. The van der Waals surface area contributed by atoms with E-state index >= 15 is 0 Å². The Kier molecular flexibility index (Phi) is 1.88. The van der Waals surface area contributed by atoms with Crippen molar-refractivity contribution in [1.82, 2.24) is 5.32 Å². The van der Waals surface area contributed by atoms with Gasteiger partial charge in [-0.3, -0.25) is 4.79 Å². The summed E-state index contributed by atoms with van der Waals surface area (Å²) in [4.78, 5) is 11.8. The summed E-state index contributed by atoms with van der Waals surface area (Å²) in [6.07, 6.45) is 2.57. The molecule has 15 heavy (non-hydrogen) atoms. The SMILES string of the molecule is O=C1CCC2=C1c1ccccc1CCN2. The largest absolute Gasteiger partial charge is 0.387 e. The van der Waals surface area contributed by atoms with Gasteiger partial charge in [0, 0.05) is 24.2 Å². The van der Waals surface area contributed by atoms with Crippen molar-refractivity contribution in [3.63, 3.8) is 0 Å². The molecule has 0 saturated heterocycles. The maximum absolute atomic E-state index is 11.8. The van der Waals surface area contributed by atoms with Crippen LogP contribution in [-0.2, 0) is 11.2 Å². The highest BCUT2D eigenvalue weighted by molar-refractivity contribution is 6.24. The topological polar surface area (TPSA) is 29.1 Å². The van der Waals surface area contributed by atoms with Gasteiger partial charge < -0.3 is 5.32 Å². The van der Waals surface area contributed by atoms with Crippen molar-refractivity contribution >= 4 is 11.4 Å². The van der Waals surface area contributed by atoms with Gasteiger partial charge in [-0.05, 0) is 24.0 Å². The molecule has 0 aromatic heterocycles. The van der Waals surface area contributed by atoms with E-state index in [0.29, 0.717) is 12.2 Å². The lowest BCUT2D eigenvalue weighted by atomic mass is 9.97. The molecular weight excluding hydrogens is 186 g/mol. The Morgan fingerprint density at radius 2 is 1.93 bits per heavy atom. The molecule has 1 aliphatic carbocycles. The molecule has 1 N–H and O–H groups in total. The van der Waals surface area contributed by atoms with Gasteiger partial charge in [-0.25, -0.2) is 0 Å². The summed E-state index contributed by atoms with van der Waals surface area (Å²) < 4.78 is 0. The van der Waals surface area contributed by atoms with Gasteiger partial charge in [0.25, 0.3) is 0 Å². The first kappa shape index (κ1) is 8.72. The fourth-order valence-corrected chi connectivity index (χ4v) is 2.48. The zero-order valence-corrected chi connectivity index (χ0v) is 8.55.